The van der Waals surface area contributed by atoms with E-state index in [9.17, 15) is 4.79 Å². The molecule has 2 fully saturated rings. The van der Waals surface area contributed by atoms with Crippen molar-refractivity contribution in [3.63, 3.8) is 0 Å². The lowest BCUT2D eigenvalue weighted by Gasteiger charge is -2.27. The van der Waals surface area contributed by atoms with E-state index in [1.807, 2.05) is 20.9 Å². The molecule has 0 radical (unpaired) electrons. The van der Waals surface area contributed by atoms with Crippen LogP contribution in [0.4, 0.5) is 0 Å². The van der Waals surface area contributed by atoms with Crippen molar-refractivity contribution in [3.8, 4) is 0 Å². The van der Waals surface area contributed by atoms with Crippen LogP contribution in [0.25, 0.3) is 0 Å². The van der Waals surface area contributed by atoms with Crippen LogP contribution >= 0.6 is 0 Å². The van der Waals surface area contributed by atoms with E-state index in [1.54, 1.807) is 10.9 Å². The number of aryl methyl sites for hydroxylation is 1. The van der Waals surface area contributed by atoms with E-state index in [1.165, 1.54) is 0 Å². The average molecular weight is 321 g/mol. The van der Waals surface area contributed by atoms with Crippen LogP contribution in [-0.4, -0.2) is 46.1 Å². The molecule has 1 aromatic rings. The van der Waals surface area contributed by atoms with Crippen molar-refractivity contribution in [3.05, 3.63) is 17.5 Å². The number of amides is 1. The molecule has 2 saturated heterocycles. The van der Waals surface area contributed by atoms with E-state index in [-0.39, 0.29) is 29.1 Å². The van der Waals surface area contributed by atoms with Gasteiger partial charge < -0.3 is 14.8 Å². The minimum atomic E-state index is -0.377. The zero-order chi connectivity index (χ0) is 16.8. The van der Waals surface area contributed by atoms with E-state index in [0.717, 1.165) is 25.1 Å². The van der Waals surface area contributed by atoms with Gasteiger partial charge in [0, 0.05) is 25.8 Å². The number of rotatable bonds is 3. The van der Waals surface area contributed by atoms with Gasteiger partial charge in [-0.05, 0) is 40.5 Å². The Morgan fingerprint density at radius 1 is 1.39 bits per heavy atom. The molecule has 6 heteroatoms. The van der Waals surface area contributed by atoms with Crippen LogP contribution in [0, 0.1) is 0 Å². The molecule has 0 aromatic carbocycles. The Morgan fingerprint density at radius 3 is 2.70 bits per heavy atom. The second-order valence-electron chi connectivity index (χ2n) is 7.86. The number of nitrogens with one attached hydrogen (secondary N) is 1. The standard InChI is InChI=1S/C17H27N3O3/c1-16(2)8-13(17(3,4)23-16)18-15(21)12-9-20(5)19-14(12)11-6-7-22-10-11/h9,11,13H,6-8,10H2,1-5H3,(H,18,21)/t11-,13+/m1/s1. The number of nitrogens with zero attached hydrogens (tertiary/aromatic N) is 2. The second kappa shape index (κ2) is 5.60. The van der Waals surface area contributed by atoms with Gasteiger partial charge in [-0.2, -0.15) is 5.10 Å². The number of hydrogen-bond donors (Lipinski definition) is 1. The number of aromatic nitrogens is 2. The molecular weight excluding hydrogens is 294 g/mol. The first-order valence-electron chi connectivity index (χ1n) is 8.30. The summed E-state index contributed by atoms with van der Waals surface area (Å²) in [6, 6.07) is -0.0158. The smallest absolute Gasteiger partial charge is 0.255 e. The molecule has 0 aliphatic carbocycles. The number of carbonyl (C=O) groups excluding carboxylic acids is 1. The second-order valence-corrected chi connectivity index (χ2v) is 7.86. The third-order valence-electron chi connectivity index (χ3n) is 4.80. The summed E-state index contributed by atoms with van der Waals surface area (Å²) in [7, 11) is 1.85. The molecule has 1 amide bonds. The molecule has 2 aliphatic rings. The van der Waals surface area contributed by atoms with Crippen LogP contribution in [0.5, 0.6) is 0 Å². The fraction of sp³-hybridized carbons (Fsp3) is 0.765. The molecular formula is C17H27N3O3. The summed E-state index contributed by atoms with van der Waals surface area (Å²) < 4.78 is 13.2. The molecule has 3 rings (SSSR count). The van der Waals surface area contributed by atoms with Crippen molar-refractivity contribution < 1.29 is 14.3 Å². The molecule has 2 atom stereocenters. The summed E-state index contributed by atoms with van der Waals surface area (Å²) in [6.07, 6.45) is 3.52. The zero-order valence-corrected chi connectivity index (χ0v) is 14.7. The first-order valence-corrected chi connectivity index (χ1v) is 8.30. The lowest BCUT2D eigenvalue weighted by Crippen LogP contribution is -2.46. The maximum Gasteiger partial charge on any atom is 0.255 e. The van der Waals surface area contributed by atoms with Crippen molar-refractivity contribution in [1.82, 2.24) is 15.1 Å². The number of ether oxygens (including phenoxy) is 2. The first kappa shape index (κ1) is 16.5. The third-order valence-corrected chi connectivity index (χ3v) is 4.80. The van der Waals surface area contributed by atoms with Crippen LogP contribution in [0.15, 0.2) is 6.20 Å². The summed E-state index contributed by atoms with van der Waals surface area (Å²) in [6.45, 7) is 9.56. The van der Waals surface area contributed by atoms with Gasteiger partial charge in [-0.15, -0.1) is 0 Å². The molecule has 23 heavy (non-hydrogen) atoms. The van der Waals surface area contributed by atoms with E-state index >= 15 is 0 Å². The summed E-state index contributed by atoms with van der Waals surface area (Å²) in [5, 5.41) is 7.66. The molecule has 0 bridgehead atoms. The molecule has 1 N–H and O–H groups in total. The minimum absolute atomic E-state index is 0.0158. The van der Waals surface area contributed by atoms with Gasteiger partial charge in [0.05, 0.1) is 35.1 Å². The van der Waals surface area contributed by atoms with Crippen LogP contribution in [0.3, 0.4) is 0 Å². The van der Waals surface area contributed by atoms with Gasteiger partial charge in [0.2, 0.25) is 0 Å². The molecule has 2 aliphatic heterocycles. The lowest BCUT2D eigenvalue weighted by molar-refractivity contribution is -0.0693. The highest BCUT2D eigenvalue weighted by atomic mass is 16.5. The predicted octanol–water partition coefficient (Wildman–Crippen LogP) is 2.00. The molecule has 1 aromatic heterocycles. The Hall–Kier alpha value is -1.40. The van der Waals surface area contributed by atoms with Crippen LogP contribution < -0.4 is 5.32 Å². The fourth-order valence-electron chi connectivity index (χ4n) is 3.76. The van der Waals surface area contributed by atoms with Crippen molar-refractivity contribution >= 4 is 5.91 Å². The maximum atomic E-state index is 12.8. The summed E-state index contributed by atoms with van der Waals surface area (Å²) in [5.41, 5.74) is 0.901. The van der Waals surface area contributed by atoms with E-state index in [2.05, 4.69) is 24.3 Å². The monoisotopic (exact) mass is 321 g/mol. The largest absolute Gasteiger partial charge is 0.381 e. The zero-order valence-electron chi connectivity index (χ0n) is 14.7. The van der Waals surface area contributed by atoms with Gasteiger partial charge >= 0.3 is 0 Å². The molecule has 128 valence electrons. The molecule has 6 nitrogen and oxygen atoms in total. The van der Waals surface area contributed by atoms with E-state index in [0.29, 0.717) is 12.2 Å². The van der Waals surface area contributed by atoms with Crippen molar-refractivity contribution in [2.45, 2.75) is 63.7 Å². The van der Waals surface area contributed by atoms with Crippen molar-refractivity contribution in [2.24, 2.45) is 7.05 Å². The Balaban J connectivity index is 1.79. The Labute approximate surface area is 137 Å². The maximum absolute atomic E-state index is 12.8. The topological polar surface area (TPSA) is 65.4 Å². The molecule has 0 spiro atoms. The highest BCUT2D eigenvalue weighted by molar-refractivity contribution is 5.95. The Bertz CT molecular complexity index is 600. The van der Waals surface area contributed by atoms with Crippen LogP contribution in [0.2, 0.25) is 0 Å². The predicted molar refractivity (Wildman–Crippen MR) is 86.5 cm³/mol. The molecule has 3 heterocycles. The SMILES string of the molecule is Cn1cc(C(=O)N[C@H]2CC(C)(C)OC2(C)C)c([C@@H]2CCOC2)n1. The molecule has 0 unspecified atom stereocenters. The average Bonchev–Trinajstić information content (AvgIpc) is 3.07. The highest BCUT2D eigenvalue weighted by Gasteiger charge is 2.46. The molecule has 0 saturated carbocycles. The summed E-state index contributed by atoms with van der Waals surface area (Å²) in [4.78, 5) is 12.8. The van der Waals surface area contributed by atoms with Gasteiger partial charge in [0.1, 0.15) is 0 Å². The summed E-state index contributed by atoms with van der Waals surface area (Å²) in [5.74, 6) is 0.139. The van der Waals surface area contributed by atoms with Crippen LogP contribution in [0.1, 0.15) is 62.5 Å². The third kappa shape index (κ3) is 3.28. The minimum Gasteiger partial charge on any atom is -0.381 e. The van der Waals surface area contributed by atoms with Crippen molar-refractivity contribution in [1.29, 1.82) is 0 Å². The number of carbonyl (C=O) groups is 1. The van der Waals surface area contributed by atoms with Crippen molar-refractivity contribution in [2.75, 3.05) is 13.2 Å². The van der Waals surface area contributed by atoms with Gasteiger partial charge in [0.15, 0.2) is 0 Å². The first-order chi connectivity index (χ1) is 10.7. The van der Waals surface area contributed by atoms with Gasteiger partial charge in [-0.1, -0.05) is 0 Å². The van der Waals surface area contributed by atoms with Gasteiger partial charge in [-0.3, -0.25) is 9.48 Å². The number of hydrogen-bond acceptors (Lipinski definition) is 4. The summed E-state index contributed by atoms with van der Waals surface area (Å²) >= 11 is 0. The quantitative estimate of drug-likeness (QED) is 0.925. The highest BCUT2D eigenvalue weighted by Crippen LogP contribution is 2.37. The van der Waals surface area contributed by atoms with E-state index < -0.39 is 0 Å². The normalized spacial score (nSPS) is 28.9. The Morgan fingerprint density at radius 2 is 2.13 bits per heavy atom. The van der Waals surface area contributed by atoms with Gasteiger partial charge in [0.25, 0.3) is 5.91 Å². The van der Waals surface area contributed by atoms with Gasteiger partial charge in [-0.25, -0.2) is 0 Å². The van der Waals surface area contributed by atoms with E-state index in [4.69, 9.17) is 9.47 Å². The lowest BCUT2D eigenvalue weighted by atomic mass is 9.93. The fourth-order valence-corrected chi connectivity index (χ4v) is 3.76. The van der Waals surface area contributed by atoms with Crippen LogP contribution in [-0.2, 0) is 16.5 Å². The Kier molecular flexibility index (Phi) is 4.01.